The van der Waals surface area contributed by atoms with E-state index in [1.807, 2.05) is 0 Å². The number of aliphatic hydroxyl groups excluding tert-OH is 1. The molecule has 3 atom stereocenters. The van der Waals surface area contributed by atoms with Gasteiger partial charge in [-0.15, -0.1) is 0 Å². The van der Waals surface area contributed by atoms with Crippen LogP contribution in [0.2, 0.25) is 0 Å². The highest BCUT2D eigenvalue weighted by Gasteiger charge is 2.34. The van der Waals surface area contributed by atoms with Crippen LogP contribution in [-0.4, -0.2) is 11.2 Å². The van der Waals surface area contributed by atoms with Gasteiger partial charge in [0.1, 0.15) is 0 Å². The average Bonchev–Trinajstić information content (AvgIpc) is 2.40. The van der Waals surface area contributed by atoms with E-state index in [1.54, 1.807) is 0 Å². The van der Waals surface area contributed by atoms with Crippen molar-refractivity contribution in [1.82, 2.24) is 0 Å². The normalized spacial score (nSPS) is 27.1. The van der Waals surface area contributed by atoms with Crippen molar-refractivity contribution in [2.24, 2.45) is 17.3 Å². The third-order valence-electron chi connectivity index (χ3n) is 5.31. The fourth-order valence-electron chi connectivity index (χ4n) is 3.60. The van der Waals surface area contributed by atoms with E-state index in [-0.39, 0.29) is 6.10 Å². The van der Waals surface area contributed by atoms with Crippen LogP contribution in [0.25, 0.3) is 0 Å². The highest BCUT2D eigenvalue weighted by molar-refractivity contribution is 5.25. The molecule has 1 fully saturated rings. The minimum absolute atomic E-state index is 0.117. The summed E-state index contributed by atoms with van der Waals surface area (Å²) in [5.41, 5.74) is 3.13. The smallest absolute Gasteiger partial charge is 0.0571 e. The van der Waals surface area contributed by atoms with Crippen LogP contribution in [0.3, 0.4) is 0 Å². The van der Waals surface area contributed by atoms with Crippen LogP contribution in [0.4, 0.5) is 0 Å². The topological polar surface area (TPSA) is 20.2 Å². The fraction of sp³-hybridized carbons (Fsp3) is 0.700. The first-order valence-electron chi connectivity index (χ1n) is 8.54. The predicted octanol–water partition coefficient (Wildman–Crippen LogP) is 5.18. The maximum atomic E-state index is 10.4. The molecule has 0 saturated heterocycles. The third kappa shape index (κ3) is 4.32. The Balaban J connectivity index is 2.03. The lowest BCUT2D eigenvalue weighted by Crippen LogP contribution is -2.35. The lowest BCUT2D eigenvalue weighted by Gasteiger charge is -2.40. The summed E-state index contributed by atoms with van der Waals surface area (Å²) in [6, 6.07) is 9.00. The van der Waals surface area contributed by atoms with Gasteiger partial charge in [0, 0.05) is 0 Å². The highest BCUT2D eigenvalue weighted by atomic mass is 16.3. The molecule has 0 bridgehead atoms. The van der Waals surface area contributed by atoms with Crippen molar-refractivity contribution in [3.05, 3.63) is 35.4 Å². The molecule has 0 radical (unpaired) electrons. The van der Waals surface area contributed by atoms with E-state index in [2.05, 4.69) is 58.9 Å². The first-order valence-corrected chi connectivity index (χ1v) is 8.54. The van der Waals surface area contributed by atoms with Crippen LogP contribution >= 0.6 is 0 Å². The molecule has 1 N–H and O–H groups in total. The SMILES string of the molecule is CC(C)c1ccc(CC2CC(C(C)(C)C)CCC2O)cc1. The monoisotopic (exact) mass is 288 g/mol. The molecular weight excluding hydrogens is 256 g/mol. The van der Waals surface area contributed by atoms with Crippen molar-refractivity contribution in [2.45, 2.75) is 72.3 Å². The predicted molar refractivity (Wildman–Crippen MR) is 90.5 cm³/mol. The molecule has 0 amide bonds. The summed E-state index contributed by atoms with van der Waals surface area (Å²) in [5, 5.41) is 10.4. The molecule has 1 saturated carbocycles. The summed E-state index contributed by atoms with van der Waals surface area (Å²) >= 11 is 0. The molecule has 1 aliphatic carbocycles. The molecule has 2 rings (SSSR count). The number of hydrogen-bond acceptors (Lipinski definition) is 1. The Labute approximate surface area is 130 Å². The second-order valence-corrected chi connectivity index (χ2v) is 8.30. The maximum Gasteiger partial charge on any atom is 0.0571 e. The number of hydrogen-bond donors (Lipinski definition) is 1. The van der Waals surface area contributed by atoms with Crippen LogP contribution in [0.5, 0.6) is 0 Å². The van der Waals surface area contributed by atoms with Crippen molar-refractivity contribution < 1.29 is 5.11 Å². The van der Waals surface area contributed by atoms with Crippen molar-refractivity contribution >= 4 is 0 Å². The zero-order chi connectivity index (χ0) is 15.6. The molecule has 1 nitrogen and oxygen atoms in total. The molecule has 3 unspecified atom stereocenters. The Morgan fingerprint density at radius 2 is 1.71 bits per heavy atom. The summed E-state index contributed by atoms with van der Waals surface area (Å²) in [7, 11) is 0. The molecule has 0 spiro atoms. The Bertz CT molecular complexity index is 438. The molecular formula is C20H32O. The van der Waals surface area contributed by atoms with Crippen LogP contribution < -0.4 is 0 Å². The van der Waals surface area contributed by atoms with E-state index < -0.39 is 0 Å². The number of benzene rings is 1. The molecule has 118 valence electrons. The zero-order valence-electron chi connectivity index (χ0n) is 14.4. The second-order valence-electron chi connectivity index (χ2n) is 8.30. The second kappa shape index (κ2) is 6.52. The third-order valence-corrected chi connectivity index (χ3v) is 5.31. The van der Waals surface area contributed by atoms with E-state index in [4.69, 9.17) is 0 Å². The Morgan fingerprint density at radius 1 is 1.10 bits per heavy atom. The summed E-state index contributed by atoms with van der Waals surface area (Å²) in [6.07, 6.45) is 4.21. The molecule has 1 heteroatoms. The molecule has 0 aliphatic heterocycles. The van der Waals surface area contributed by atoms with Gasteiger partial charge in [-0.2, -0.15) is 0 Å². The van der Waals surface area contributed by atoms with Gasteiger partial charge < -0.3 is 5.11 Å². The maximum absolute atomic E-state index is 10.4. The van der Waals surface area contributed by atoms with Gasteiger partial charge in [-0.1, -0.05) is 58.9 Å². The first-order chi connectivity index (χ1) is 9.77. The highest BCUT2D eigenvalue weighted by Crippen LogP contribution is 2.41. The minimum Gasteiger partial charge on any atom is -0.393 e. The number of aliphatic hydroxyl groups is 1. The van der Waals surface area contributed by atoms with Crippen molar-refractivity contribution in [3.63, 3.8) is 0 Å². The lowest BCUT2D eigenvalue weighted by molar-refractivity contribution is 0.0196. The van der Waals surface area contributed by atoms with E-state index >= 15 is 0 Å². The van der Waals surface area contributed by atoms with Gasteiger partial charge >= 0.3 is 0 Å². The molecule has 0 aromatic heterocycles. The molecule has 0 heterocycles. The standard InChI is InChI=1S/C20H32O/c1-14(2)16-8-6-15(7-9-16)12-17-13-18(20(3,4)5)10-11-19(17)21/h6-9,14,17-19,21H,10-13H2,1-5H3. The van der Waals surface area contributed by atoms with Gasteiger partial charge in [0.25, 0.3) is 0 Å². The van der Waals surface area contributed by atoms with E-state index in [9.17, 15) is 5.11 Å². The summed E-state index contributed by atoms with van der Waals surface area (Å²) in [6.45, 7) is 11.5. The van der Waals surface area contributed by atoms with Gasteiger partial charge in [-0.3, -0.25) is 0 Å². The van der Waals surface area contributed by atoms with Crippen LogP contribution in [-0.2, 0) is 6.42 Å². The minimum atomic E-state index is -0.117. The number of rotatable bonds is 3. The van der Waals surface area contributed by atoms with Crippen LogP contribution in [0.15, 0.2) is 24.3 Å². The van der Waals surface area contributed by atoms with E-state index in [0.29, 0.717) is 17.3 Å². The van der Waals surface area contributed by atoms with Crippen LogP contribution in [0, 0.1) is 17.3 Å². The molecule has 21 heavy (non-hydrogen) atoms. The fourth-order valence-corrected chi connectivity index (χ4v) is 3.60. The first kappa shape index (κ1) is 16.5. The van der Waals surface area contributed by atoms with Gasteiger partial charge in [0.15, 0.2) is 0 Å². The summed E-state index contributed by atoms with van der Waals surface area (Å²) in [4.78, 5) is 0. The van der Waals surface area contributed by atoms with Gasteiger partial charge in [-0.25, -0.2) is 0 Å². The summed E-state index contributed by atoms with van der Waals surface area (Å²) in [5.74, 6) is 1.75. The quantitative estimate of drug-likeness (QED) is 0.813. The molecule has 1 aliphatic rings. The van der Waals surface area contributed by atoms with Crippen molar-refractivity contribution in [1.29, 1.82) is 0 Å². The average molecular weight is 288 g/mol. The summed E-state index contributed by atoms with van der Waals surface area (Å²) < 4.78 is 0. The van der Waals surface area contributed by atoms with Gasteiger partial charge in [0.05, 0.1) is 6.10 Å². The van der Waals surface area contributed by atoms with Crippen LogP contribution in [0.1, 0.15) is 70.9 Å². The van der Waals surface area contributed by atoms with Crippen molar-refractivity contribution in [3.8, 4) is 0 Å². The largest absolute Gasteiger partial charge is 0.393 e. The van der Waals surface area contributed by atoms with Gasteiger partial charge in [-0.05, 0) is 60.0 Å². The Morgan fingerprint density at radius 3 is 2.24 bits per heavy atom. The lowest BCUT2D eigenvalue weighted by atomic mass is 9.67. The van der Waals surface area contributed by atoms with E-state index in [1.165, 1.54) is 17.5 Å². The Hall–Kier alpha value is -0.820. The Kier molecular flexibility index (Phi) is 5.14. The molecule has 1 aromatic rings. The van der Waals surface area contributed by atoms with Gasteiger partial charge in [0.2, 0.25) is 0 Å². The van der Waals surface area contributed by atoms with Crippen molar-refractivity contribution in [2.75, 3.05) is 0 Å². The van der Waals surface area contributed by atoms with E-state index in [0.717, 1.165) is 25.2 Å². The molecule has 1 aromatic carbocycles. The zero-order valence-corrected chi connectivity index (χ0v) is 14.4.